The lowest BCUT2D eigenvalue weighted by atomic mass is 10.0. The maximum atomic E-state index is 12.9. The smallest absolute Gasteiger partial charge is 0.410 e. The van der Waals surface area contributed by atoms with Crippen LogP contribution in [0.5, 0.6) is 0 Å². The lowest BCUT2D eigenvalue weighted by Gasteiger charge is -2.36. The van der Waals surface area contributed by atoms with Gasteiger partial charge in [-0.3, -0.25) is 15.0 Å². The summed E-state index contributed by atoms with van der Waals surface area (Å²) < 4.78 is 5.52. The predicted octanol–water partition coefficient (Wildman–Crippen LogP) is 4.45. The Morgan fingerprint density at radius 2 is 1.79 bits per heavy atom. The van der Waals surface area contributed by atoms with Crippen LogP contribution in [0.4, 0.5) is 10.5 Å². The fraction of sp³-hybridized carbons (Fsp3) is 0.393. The molecule has 38 heavy (non-hydrogen) atoms. The van der Waals surface area contributed by atoms with E-state index in [1.165, 1.54) is 0 Å². The Morgan fingerprint density at radius 3 is 2.47 bits per heavy atom. The van der Waals surface area contributed by atoms with Gasteiger partial charge in [0.05, 0.1) is 5.69 Å². The minimum Gasteiger partial charge on any atom is -0.444 e. The monoisotopic (exact) mass is 515 g/mol. The maximum absolute atomic E-state index is 12.9. The summed E-state index contributed by atoms with van der Waals surface area (Å²) in [5.74, 6) is -0.0504. The van der Waals surface area contributed by atoms with Crippen LogP contribution >= 0.6 is 0 Å². The third-order valence-corrected chi connectivity index (χ3v) is 6.78. The Bertz CT molecular complexity index is 1490. The molecule has 0 saturated carbocycles. The number of ether oxygens (including phenoxy) is 1. The summed E-state index contributed by atoms with van der Waals surface area (Å²) in [4.78, 5) is 33.8. The van der Waals surface area contributed by atoms with Crippen molar-refractivity contribution in [3.63, 3.8) is 0 Å². The van der Waals surface area contributed by atoms with Crippen molar-refractivity contribution in [1.82, 2.24) is 30.3 Å². The number of anilines is 1. The van der Waals surface area contributed by atoms with Crippen LogP contribution < -0.4 is 4.90 Å². The van der Waals surface area contributed by atoms with Gasteiger partial charge in [-0.2, -0.15) is 10.2 Å². The molecule has 4 heterocycles. The first-order valence-electron chi connectivity index (χ1n) is 12.8. The highest BCUT2D eigenvalue weighted by molar-refractivity contribution is 5.98. The SMILES string of the molecule is Cc1[nH]nc(C(=O)Cc2cnc3n[nH]c(-c4cccc(N5CCN(C(=O)OC(C)(C)C)CC5)c4)c3c2)c1C. The molecule has 0 unspecified atom stereocenters. The second kappa shape index (κ2) is 9.92. The number of fused-ring (bicyclic) bond motifs is 1. The highest BCUT2D eigenvalue weighted by atomic mass is 16.6. The van der Waals surface area contributed by atoms with Gasteiger partial charge in [0.25, 0.3) is 0 Å². The van der Waals surface area contributed by atoms with Gasteiger partial charge in [-0.1, -0.05) is 12.1 Å². The Balaban J connectivity index is 1.33. The van der Waals surface area contributed by atoms with Gasteiger partial charge < -0.3 is 14.5 Å². The quantitative estimate of drug-likeness (QED) is 0.377. The van der Waals surface area contributed by atoms with E-state index >= 15 is 0 Å². The molecule has 10 nitrogen and oxygen atoms in total. The predicted molar refractivity (Wildman–Crippen MR) is 145 cm³/mol. The average Bonchev–Trinajstić information content (AvgIpc) is 3.46. The second-order valence-corrected chi connectivity index (χ2v) is 10.7. The number of H-pyrrole nitrogens is 2. The van der Waals surface area contributed by atoms with Gasteiger partial charge in [0.1, 0.15) is 11.3 Å². The largest absolute Gasteiger partial charge is 0.444 e. The van der Waals surface area contributed by atoms with Crippen LogP contribution in [-0.4, -0.2) is 73.9 Å². The number of nitrogens with zero attached hydrogens (tertiary/aromatic N) is 5. The topological polar surface area (TPSA) is 120 Å². The van der Waals surface area contributed by atoms with E-state index in [1.807, 2.05) is 52.8 Å². The summed E-state index contributed by atoms with van der Waals surface area (Å²) in [6.07, 6.45) is 1.63. The van der Waals surface area contributed by atoms with Crippen LogP contribution in [0.25, 0.3) is 22.3 Å². The molecule has 2 N–H and O–H groups in total. The summed E-state index contributed by atoms with van der Waals surface area (Å²) >= 11 is 0. The molecule has 1 saturated heterocycles. The van der Waals surface area contributed by atoms with Crippen molar-refractivity contribution in [2.24, 2.45) is 0 Å². The van der Waals surface area contributed by atoms with Crippen molar-refractivity contribution < 1.29 is 14.3 Å². The third kappa shape index (κ3) is 5.25. The standard InChI is InChI=1S/C28H33N7O3/c1-17-18(2)30-31-24(17)23(36)14-19-13-22-25(32-33-26(22)29-16-19)20-7-6-8-21(15-20)34-9-11-35(12-10-34)27(37)38-28(3,4)5/h6-8,13,15-16H,9-12,14H2,1-5H3,(H,30,31)(H,29,32,33). The van der Waals surface area contributed by atoms with Gasteiger partial charge in [0, 0.05) is 66.7 Å². The second-order valence-electron chi connectivity index (χ2n) is 10.7. The van der Waals surface area contributed by atoms with E-state index in [1.54, 1.807) is 11.1 Å². The van der Waals surface area contributed by atoms with E-state index in [0.29, 0.717) is 37.5 Å². The van der Waals surface area contributed by atoms with Gasteiger partial charge in [-0.25, -0.2) is 9.78 Å². The van der Waals surface area contributed by atoms with Gasteiger partial charge in [-0.15, -0.1) is 0 Å². The summed E-state index contributed by atoms with van der Waals surface area (Å²) in [6.45, 7) is 12.1. The number of aryl methyl sites for hydroxylation is 1. The summed E-state index contributed by atoms with van der Waals surface area (Å²) in [5.41, 5.74) is 6.02. The molecule has 1 aromatic carbocycles. The number of hydrogen-bond acceptors (Lipinski definition) is 7. The molecule has 0 atom stereocenters. The number of carbonyl (C=O) groups is 2. The van der Waals surface area contributed by atoms with Gasteiger partial charge >= 0.3 is 6.09 Å². The number of ketones is 1. The van der Waals surface area contributed by atoms with Crippen molar-refractivity contribution in [3.05, 3.63) is 59.0 Å². The first kappa shape index (κ1) is 25.4. The van der Waals surface area contributed by atoms with Crippen molar-refractivity contribution in [2.45, 2.75) is 46.6 Å². The zero-order valence-electron chi connectivity index (χ0n) is 22.5. The Labute approximate surface area is 221 Å². The molecule has 4 aromatic rings. The van der Waals surface area contributed by atoms with Crippen LogP contribution in [0.1, 0.15) is 48.1 Å². The average molecular weight is 516 g/mol. The lowest BCUT2D eigenvalue weighted by Crippen LogP contribution is -2.50. The molecule has 0 radical (unpaired) electrons. The van der Waals surface area contributed by atoms with E-state index in [9.17, 15) is 9.59 Å². The number of benzene rings is 1. The summed E-state index contributed by atoms with van der Waals surface area (Å²) in [6, 6.07) is 10.2. The molecule has 1 aliphatic rings. The molecule has 3 aromatic heterocycles. The molecule has 1 fully saturated rings. The van der Waals surface area contributed by atoms with Crippen molar-refractivity contribution >= 4 is 28.6 Å². The van der Waals surface area contributed by atoms with Gasteiger partial charge in [0.2, 0.25) is 0 Å². The molecule has 198 valence electrons. The van der Waals surface area contributed by atoms with E-state index < -0.39 is 5.60 Å². The van der Waals surface area contributed by atoms with Crippen LogP contribution in [0, 0.1) is 13.8 Å². The van der Waals surface area contributed by atoms with Gasteiger partial charge in [0.15, 0.2) is 11.4 Å². The zero-order chi connectivity index (χ0) is 27.0. The number of piperazine rings is 1. The lowest BCUT2D eigenvalue weighted by molar-refractivity contribution is 0.0240. The number of Topliss-reactive ketones (excluding diaryl/α,β-unsaturated/α-hetero) is 1. The Kier molecular flexibility index (Phi) is 6.64. The van der Waals surface area contributed by atoms with Crippen molar-refractivity contribution in [2.75, 3.05) is 31.1 Å². The van der Waals surface area contributed by atoms with E-state index in [0.717, 1.165) is 39.2 Å². The maximum Gasteiger partial charge on any atom is 0.410 e. The Morgan fingerprint density at radius 1 is 1.03 bits per heavy atom. The fourth-order valence-corrected chi connectivity index (χ4v) is 4.62. The number of pyridine rings is 1. The molecule has 0 spiro atoms. The normalized spacial score (nSPS) is 14.2. The molecule has 5 rings (SSSR count). The van der Waals surface area contributed by atoms with E-state index in [4.69, 9.17) is 4.74 Å². The van der Waals surface area contributed by atoms with Crippen LogP contribution in [0.3, 0.4) is 0 Å². The van der Waals surface area contributed by atoms with Crippen LogP contribution in [0.2, 0.25) is 0 Å². The zero-order valence-corrected chi connectivity index (χ0v) is 22.5. The summed E-state index contributed by atoms with van der Waals surface area (Å²) in [7, 11) is 0. The van der Waals surface area contributed by atoms with E-state index in [2.05, 4.69) is 42.4 Å². The first-order valence-corrected chi connectivity index (χ1v) is 12.8. The number of nitrogens with one attached hydrogen (secondary N) is 2. The number of carbonyl (C=O) groups excluding carboxylic acids is 2. The third-order valence-electron chi connectivity index (χ3n) is 6.78. The fourth-order valence-electron chi connectivity index (χ4n) is 4.62. The van der Waals surface area contributed by atoms with Crippen molar-refractivity contribution in [3.8, 4) is 11.3 Å². The number of hydrogen-bond donors (Lipinski definition) is 2. The van der Waals surface area contributed by atoms with Crippen LogP contribution in [0.15, 0.2) is 36.5 Å². The minimum absolute atomic E-state index is 0.0504. The highest BCUT2D eigenvalue weighted by Gasteiger charge is 2.26. The molecule has 1 aliphatic heterocycles. The number of aromatic nitrogens is 5. The Hall–Kier alpha value is -4.21. The molecule has 0 aliphatic carbocycles. The minimum atomic E-state index is -0.506. The van der Waals surface area contributed by atoms with Crippen LogP contribution in [-0.2, 0) is 11.2 Å². The molecule has 1 amide bonds. The van der Waals surface area contributed by atoms with Crippen molar-refractivity contribution in [1.29, 1.82) is 0 Å². The summed E-state index contributed by atoms with van der Waals surface area (Å²) in [5, 5.41) is 15.4. The number of rotatable bonds is 5. The molecular weight excluding hydrogens is 482 g/mol. The van der Waals surface area contributed by atoms with E-state index in [-0.39, 0.29) is 18.3 Å². The molecular formula is C28H33N7O3. The van der Waals surface area contributed by atoms with Gasteiger partial charge in [-0.05, 0) is 58.4 Å². The molecule has 0 bridgehead atoms. The molecule has 10 heteroatoms. The number of amides is 1. The highest BCUT2D eigenvalue weighted by Crippen LogP contribution is 2.30. The first-order chi connectivity index (χ1) is 18.1. The number of aromatic amines is 2.